The lowest BCUT2D eigenvalue weighted by atomic mass is 10.0. The molecule has 0 radical (unpaired) electrons. The lowest BCUT2D eigenvalue weighted by Crippen LogP contribution is -2.27. The molecule has 1 atom stereocenters. The second-order valence-corrected chi connectivity index (χ2v) is 5.33. The van der Waals surface area contributed by atoms with E-state index in [9.17, 15) is 0 Å². The van der Waals surface area contributed by atoms with E-state index in [1.807, 2.05) is 30.7 Å². The van der Waals surface area contributed by atoms with Crippen LogP contribution in [0, 0.1) is 0 Å². The molecule has 0 aliphatic carbocycles. The highest BCUT2D eigenvalue weighted by Gasteiger charge is 2.08. The third kappa shape index (κ3) is 4.02. The molecule has 2 aromatic rings. The van der Waals surface area contributed by atoms with Crippen molar-refractivity contribution in [1.82, 2.24) is 5.32 Å². The van der Waals surface area contributed by atoms with Gasteiger partial charge in [-0.15, -0.1) is 11.3 Å². The number of rotatable bonds is 7. The highest BCUT2D eigenvalue weighted by atomic mass is 32.1. The van der Waals surface area contributed by atoms with Gasteiger partial charge in [0.15, 0.2) is 0 Å². The van der Waals surface area contributed by atoms with Gasteiger partial charge in [-0.2, -0.15) is 0 Å². The predicted octanol–water partition coefficient (Wildman–Crippen LogP) is 3.49. The Balaban J connectivity index is 1.72. The highest BCUT2D eigenvalue weighted by Crippen LogP contribution is 2.14. The molecule has 2 nitrogen and oxygen atoms in total. The van der Waals surface area contributed by atoms with Gasteiger partial charge in [-0.3, -0.25) is 0 Å². The van der Waals surface area contributed by atoms with Crippen LogP contribution in [0.3, 0.4) is 0 Å². The minimum absolute atomic E-state index is 0.549. The van der Waals surface area contributed by atoms with Crippen molar-refractivity contribution in [3.8, 4) is 0 Å². The third-order valence-corrected chi connectivity index (χ3v) is 3.96. The topological polar surface area (TPSA) is 25.2 Å². The van der Waals surface area contributed by atoms with Crippen molar-refractivity contribution in [1.29, 1.82) is 0 Å². The minimum Gasteiger partial charge on any atom is -0.472 e. The Morgan fingerprint density at radius 1 is 1.41 bits per heavy atom. The molecule has 1 N–H and O–H groups in total. The molecule has 0 fully saturated rings. The van der Waals surface area contributed by atoms with Crippen LogP contribution in [-0.4, -0.2) is 13.1 Å². The van der Waals surface area contributed by atoms with Crippen LogP contribution in [0.25, 0.3) is 0 Å². The minimum atomic E-state index is 0.549. The molecule has 0 amide bonds. The van der Waals surface area contributed by atoms with Crippen LogP contribution in [0.5, 0.6) is 0 Å². The van der Waals surface area contributed by atoms with E-state index in [4.69, 9.17) is 4.42 Å². The SMILES string of the molecule is CNC(CCCc1cccs1)Cc1ccoc1. The highest BCUT2D eigenvalue weighted by molar-refractivity contribution is 7.09. The van der Waals surface area contributed by atoms with Crippen molar-refractivity contribution in [2.75, 3.05) is 7.05 Å². The summed E-state index contributed by atoms with van der Waals surface area (Å²) in [5, 5.41) is 5.53. The molecule has 0 aliphatic heterocycles. The van der Waals surface area contributed by atoms with Crippen molar-refractivity contribution < 1.29 is 4.42 Å². The number of thiophene rings is 1. The lowest BCUT2D eigenvalue weighted by Gasteiger charge is -2.14. The zero-order chi connectivity index (χ0) is 11.9. The number of furan rings is 1. The Bertz CT molecular complexity index is 394. The molecule has 1 unspecified atom stereocenters. The standard InChI is InChI=1S/C14H19NOS/c1-15-13(10-12-7-8-16-11-12)4-2-5-14-6-3-9-17-14/h3,6-9,11,13,15H,2,4-5,10H2,1H3. The van der Waals surface area contributed by atoms with Crippen LogP contribution in [0.2, 0.25) is 0 Å². The number of nitrogens with one attached hydrogen (secondary N) is 1. The molecule has 0 aromatic carbocycles. The fraction of sp³-hybridized carbons (Fsp3) is 0.429. The fourth-order valence-corrected chi connectivity index (χ4v) is 2.77. The largest absolute Gasteiger partial charge is 0.472 e. The van der Waals surface area contributed by atoms with Gasteiger partial charge in [-0.05, 0) is 55.8 Å². The molecule has 92 valence electrons. The summed E-state index contributed by atoms with van der Waals surface area (Å²) in [5.74, 6) is 0. The second kappa shape index (κ2) is 6.62. The van der Waals surface area contributed by atoms with Crippen LogP contribution in [0.1, 0.15) is 23.3 Å². The quantitative estimate of drug-likeness (QED) is 0.812. The summed E-state index contributed by atoms with van der Waals surface area (Å²) in [6.45, 7) is 0. The Labute approximate surface area is 107 Å². The van der Waals surface area contributed by atoms with Gasteiger partial charge < -0.3 is 9.73 Å². The van der Waals surface area contributed by atoms with E-state index in [2.05, 4.69) is 22.8 Å². The molecule has 2 aromatic heterocycles. The molecule has 0 spiro atoms. The molecule has 0 bridgehead atoms. The zero-order valence-electron chi connectivity index (χ0n) is 10.2. The number of hydrogen-bond donors (Lipinski definition) is 1. The number of hydrogen-bond acceptors (Lipinski definition) is 3. The van der Waals surface area contributed by atoms with Crippen LogP contribution in [0.4, 0.5) is 0 Å². The summed E-state index contributed by atoms with van der Waals surface area (Å²) in [6.07, 6.45) is 8.28. The Morgan fingerprint density at radius 3 is 3.00 bits per heavy atom. The van der Waals surface area contributed by atoms with E-state index >= 15 is 0 Å². The van der Waals surface area contributed by atoms with E-state index in [1.165, 1.54) is 29.7 Å². The Morgan fingerprint density at radius 2 is 2.35 bits per heavy atom. The summed E-state index contributed by atoms with van der Waals surface area (Å²) in [4.78, 5) is 1.49. The van der Waals surface area contributed by atoms with Crippen LogP contribution in [-0.2, 0) is 12.8 Å². The first-order chi connectivity index (χ1) is 8.38. The van der Waals surface area contributed by atoms with Crippen molar-refractivity contribution in [2.45, 2.75) is 31.7 Å². The first-order valence-corrected chi connectivity index (χ1v) is 6.97. The molecule has 0 saturated carbocycles. The van der Waals surface area contributed by atoms with E-state index < -0.39 is 0 Å². The molecule has 0 aliphatic rings. The molecule has 3 heteroatoms. The molecular formula is C14H19NOS. The molecule has 17 heavy (non-hydrogen) atoms. The average molecular weight is 249 g/mol. The maximum Gasteiger partial charge on any atom is 0.0935 e. The number of aryl methyl sites for hydroxylation is 1. The third-order valence-electron chi connectivity index (χ3n) is 3.03. The van der Waals surface area contributed by atoms with Crippen molar-refractivity contribution >= 4 is 11.3 Å². The van der Waals surface area contributed by atoms with Gasteiger partial charge in [0, 0.05) is 10.9 Å². The predicted molar refractivity (Wildman–Crippen MR) is 72.5 cm³/mol. The van der Waals surface area contributed by atoms with E-state index in [0.29, 0.717) is 6.04 Å². The van der Waals surface area contributed by atoms with Gasteiger partial charge in [-0.25, -0.2) is 0 Å². The summed E-state index contributed by atoms with van der Waals surface area (Å²) >= 11 is 1.85. The summed E-state index contributed by atoms with van der Waals surface area (Å²) in [7, 11) is 2.04. The summed E-state index contributed by atoms with van der Waals surface area (Å²) in [6, 6.07) is 6.94. The van der Waals surface area contributed by atoms with E-state index in [0.717, 1.165) is 6.42 Å². The first-order valence-electron chi connectivity index (χ1n) is 6.09. The maximum absolute atomic E-state index is 5.10. The smallest absolute Gasteiger partial charge is 0.0935 e. The summed E-state index contributed by atoms with van der Waals surface area (Å²) < 4.78 is 5.10. The van der Waals surface area contributed by atoms with Gasteiger partial charge >= 0.3 is 0 Å². The lowest BCUT2D eigenvalue weighted by molar-refractivity contribution is 0.497. The van der Waals surface area contributed by atoms with Crippen LogP contribution < -0.4 is 5.32 Å². The van der Waals surface area contributed by atoms with Gasteiger partial charge in [-0.1, -0.05) is 6.07 Å². The van der Waals surface area contributed by atoms with Crippen molar-refractivity contribution in [3.63, 3.8) is 0 Å². The normalized spacial score (nSPS) is 12.8. The zero-order valence-corrected chi connectivity index (χ0v) is 11.0. The fourth-order valence-electron chi connectivity index (χ4n) is 2.02. The Hall–Kier alpha value is -1.06. The van der Waals surface area contributed by atoms with Crippen molar-refractivity contribution in [2.24, 2.45) is 0 Å². The monoisotopic (exact) mass is 249 g/mol. The molecular weight excluding hydrogens is 230 g/mol. The average Bonchev–Trinajstić information content (AvgIpc) is 3.00. The van der Waals surface area contributed by atoms with E-state index in [-0.39, 0.29) is 0 Å². The molecule has 0 saturated heterocycles. The van der Waals surface area contributed by atoms with Gasteiger partial charge in [0.1, 0.15) is 0 Å². The van der Waals surface area contributed by atoms with Gasteiger partial charge in [0.2, 0.25) is 0 Å². The van der Waals surface area contributed by atoms with Gasteiger partial charge in [0.05, 0.1) is 12.5 Å². The molecule has 2 heterocycles. The summed E-state index contributed by atoms with van der Waals surface area (Å²) in [5.41, 5.74) is 1.28. The first kappa shape index (κ1) is 12.4. The van der Waals surface area contributed by atoms with Crippen LogP contribution >= 0.6 is 11.3 Å². The van der Waals surface area contributed by atoms with Gasteiger partial charge in [0.25, 0.3) is 0 Å². The molecule has 2 rings (SSSR count). The second-order valence-electron chi connectivity index (χ2n) is 4.29. The maximum atomic E-state index is 5.10. The van der Waals surface area contributed by atoms with Crippen molar-refractivity contribution in [3.05, 3.63) is 46.5 Å². The Kier molecular flexibility index (Phi) is 4.83. The van der Waals surface area contributed by atoms with Crippen LogP contribution in [0.15, 0.2) is 40.5 Å². The van der Waals surface area contributed by atoms with E-state index in [1.54, 1.807) is 6.26 Å². The number of likely N-dealkylation sites (N-methyl/N-ethyl adjacent to an activating group) is 1.